The maximum Gasteiger partial charge on any atom is 0.354 e. The first-order chi connectivity index (χ1) is 14.4. The molecule has 30 heavy (non-hydrogen) atoms. The van der Waals surface area contributed by atoms with Crippen LogP contribution in [0.25, 0.3) is 0 Å². The molecule has 8 heteroatoms. The molecule has 1 heterocycles. The van der Waals surface area contributed by atoms with Crippen molar-refractivity contribution in [2.45, 2.75) is 33.2 Å². The van der Waals surface area contributed by atoms with Gasteiger partial charge in [-0.2, -0.15) is 5.10 Å². The topological polar surface area (TPSA) is 100 Å². The van der Waals surface area contributed by atoms with Gasteiger partial charge in [0.1, 0.15) is 11.8 Å². The van der Waals surface area contributed by atoms with Crippen LogP contribution in [-0.2, 0) is 19.1 Å². The summed E-state index contributed by atoms with van der Waals surface area (Å²) in [6.45, 7) is 5.23. The highest BCUT2D eigenvalue weighted by atomic mass is 16.5. The number of hydrogen-bond donors (Lipinski definition) is 2. The first-order valence-electron chi connectivity index (χ1n) is 9.67. The lowest BCUT2D eigenvalue weighted by Gasteiger charge is -2.23. The number of nitrogens with zero attached hydrogens (tertiary/aromatic N) is 2. The molecular weight excluding hydrogens is 384 g/mol. The molecule has 0 saturated heterocycles. The number of carbonyl (C=O) groups excluding carboxylic acids is 3. The molecule has 2 amide bonds. The first kappa shape index (κ1) is 21.0. The fraction of sp³-hybridized carbons (Fsp3) is 0.273. The van der Waals surface area contributed by atoms with E-state index in [0.717, 1.165) is 5.56 Å². The van der Waals surface area contributed by atoms with E-state index in [1.54, 1.807) is 19.1 Å². The molecule has 0 bridgehead atoms. The van der Waals surface area contributed by atoms with Gasteiger partial charge >= 0.3 is 5.97 Å². The van der Waals surface area contributed by atoms with Crippen LogP contribution < -0.4 is 15.6 Å². The maximum absolute atomic E-state index is 13.1. The number of ether oxygens (including phenoxy) is 1. The van der Waals surface area contributed by atoms with E-state index in [4.69, 9.17) is 4.74 Å². The second-order valence-electron chi connectivity index (χ2n) is 6.87. The molecule has 0 aromatic heterocycles. The van der Waals surface area contributed by atoms with Crippen molar-refractivity contribution in [1.29, 1.82) is 0 Å². The Kier molecular flexibility index (Phi) is 6.46. The lowest BCUT2D eigenvalue weighted by atomic mass is 10.1. The van der Waals surface area contributed by atoms with Gasteiger partial charge < -0.3 is 15.4 Å². The summed E-state index contributed by atoms with van der Waals surface area (Å²) in [5.41, 5.74) is 2.89. The monoisotopic (exact) mass is 408 g/mol. The van der Waals surface area contributed by atoms with Crippen LogP contribution >= 0.6 is 0 Å². The Morgan fingerprint density at radius 2 is 1.87 bits per heavy atom. The average molecular weight is 408 g/mol. The molecule has 0 spiro atoms. The highest BCUT2D eigenvalue weighted by molar-refractivity contribution is 6.38. The molecule has 8 nitrogen and oxygen atoms in total. The summed E-state index contributed by atoms with van der Waals surface area (Å²) in [6, 6.07) is 13.7. The number of rotatable bonds is 6. The van der Waals surface area contributed by atoms with Gasteiger partial charge in [0.15, 0.2) is 0 Å². The molecule has 0 radical (unpaired) electrons. The molecule has 1 aliphatic heterocycles. The fourth-order valence-corrected chi connectivity index (χ4v) is 3.12. The quantitative estimate of drug-likeness (QED) is 0.716. The van der Waals surface area contributed by atoms with Gasteiger partial charge in [0.25, 0.3) is 0 Å². The highest BCUT2D eigenvalue weighted by Gasteiger charge is 2.37. The van der Waals surface area contributed by atoms with E-state index >= 15 is 0 Å². The number of benzene rings is 2. The predicted molar refractivity (Wildman–Crippen MR) is 116 cm³/mol. The molecular formula is C22H24N4O4. The van der Waals surface area contributed by atoms with E-state index in [0.29, 0.717) is 17.1 Å². The summed E-state index contributed by atoms with van der Waals surface area (Å²) < 4.78 is 5.06. The van der Waals surface area contributed by atoms with Gasteiger partial charge in [-0.3, -0.25) is 14.6 Å². The number of hydrazone groups is 1. The van der Waals surface area contributed by atoms with Crippen LogP contribution in [-0.4, -0.2) is 36.1 Å². The minimum absolute atomic E-state index is 0.129. The largest absolute Gasteiger partial charge is 0.461 e. The van der Waals surface area contributed by atoms with E-state index in [2.05, 4.69) is 15.7 Å². The highest BCUT2D eigenvalue weighted by Crippen LogP contribution is 2.27. The minimum atomic E-state index is -0.712. The van der Waals surface area contributed by atoms with E-state index < -0.39 is 12.0 Å². The average Bonchev–Trinajstić information content (AvgIpc) is 3.17. The van der Waals surface area contributed by atoms with Crippen LogP contribution in [0.3, 0.4) is 0 Å². The number of nitrogens with one attached hydrogen (secondary N) is 2. The molecule has 156 valence electrons. The van der Waals surface area contributed by atoms with Crippen molar-refractivity contribution in [1.82, 2.24) is 0 Å². The summed E-state index contributed by atoms with van der Waals surface area (Å²) in [5, 5.41) is 11.5. The minimum Gasteiger partial charge on any atom is -0.461 e. The Balaban J connectivity index is 1.85. The molecule has 3 rings (SSSR count). The maximum atomic E-state index is 13.1. The zero-order chi connectivity index (χ0) is 21.7. The third-order valence-electron chi connectivity index (χ3n) is 4.56. The molecule has 0 aliphatic carbocycles. The molecule has 0 fully saturated rings. The van der Waals surface area contributed by atoms with Gasteiger partial charge in [-0.25, -0.2) is 4.79 Å². The molecule has 0 saturated carbocycles. The Labute approximate surface area is 174 Å². The SMILES string of the molecule is CCOC(=O)C1=NN(c2ccccc2)C(C(=O)Nc2cc(NC(C)=O)ccc2C)C1. The number of para-hydroxylation sites is 1. The molecule has 2 aromatic carbocycles. The van der Waals surface area contributed by atoms with Crippen LogP contribution in [0.1, 0.15) is 25.8 Å². The lowest BCUT2D eigenvalue weighted by Crippen LogP contribution is -2.39. The van der Waals surface area contributed by atoms with Gasteiger partial charge in [0, 0.05) is 24.7 Å². The van der Waals surface area contributed by atoms with Gasteiger partial charge in [-0.15, -0.1) is 0 Å². The Morgan fingerprint density at radius 1 is 1.13 bits per heavy atom. The molecule has 1 aliphatic rings. The number of carbonyl (C=O) groups is 3. The summed E-state index contributed by atoms with van der Waals surface area (Å²) >= 11 is 0. The lowest BCUT2D eigenvalue weighted by molar-refractivity contribution is -0.135. The third-order valence-corrected chi connectivity index (χ3v) is 4.56. The number of anilines is 3. The van der Waals surface area contributed by atoms with Gasteiger partial charge in [0.05, 0.1) is 12.3 Å². The second-order valence-corrected chi connectivity index (χ2v) is 6.87. The summed E-state index contributed by atoms with van der Waals surface area (Å²) in [7, 11) is 0. The van der Waals surface area contributed by atoms with Crippen molar-refractivity contribution in [3.63, 3.8) is 0 Å². The zero-order valence-electron chi connectivity index (χ0n) is 17.1. The normalized spacial score (nSPS) is 15.4. The first-order valence-corrected chi connectivity index (χ1v) is 9.67. The number of aryl methyl sites for hydroxylation is 1. The number of hydrogen-bond acceptors (Lipinski definition) is 6. The van der Waals surface area contributed by atoms with Crippen molar-refractivity contribution in [3.05, 3.63) is 54.1 Å². The predicted octanol–water partition coefficient (Wildman–Crippen LogP) is 3.09. The van der Waals surface area contributed by atoms with E-state index in [1.807, 2.05) is 43.3 Å². The van der Waals surface area contributed by atoms with Gasteiger partial charge in [0.2, 0.25) is 11.8 Å². The van der Waals surface area contributed by atoms with Crippen LogP contribution in [0.2, 0.25) is 0 Å². The fourth-order valence-electron chi connectivity index (χ4n) is 3.12. The van der Waals surface area contributed by atoms with Crippen LogP contribution in [0.5, 0.6) is 0 Å². The molecule has 1 unspecified atom stereocenters. The van der Waals surface area contributed by atoms with Crippen molar-refractivity contribution >= 4 is 40.6 Å². The number of esters is 1. The van der Waals surface area contributed by atoms with E-state index in [-0.39, 0.29) is 30.6 Å². The standard InChI is InChI=1S/C22H24N4O4/c1-4-30-22(29)19-13-20(26(25-19)17-8-6-5-7-9-17)21(28)24-18-12-16(23-15(3)27)11-10-14(18)2/h5-12,20H,4,13H2,1-3H3,(H,23,27)(H,24,28). The van der Waals surface area contributed by atoms with Crippen LogP contribution in [0.15, 0.2) is 53.6 Å². The van der Waals surface area contributed by atoms with E-state index in [1.165, 1.54) is 11.9 Å². The van der Waals surface area contributed by atoms with Crippen LogP contribution in [0, 0.1) is 6.92 Å². The van der Waals surface area contributed by atoms with Gasteiger partial charge in [-0.1, -0.05) is 24.3 Å². The van der Waals surface area contributed by atoms with Gasteiger partial charge in [-0.05, 0) is 43.7 Å². The number of amides is 2. The Morgan fingerprint density at radius 3 is 2.53 bits per heavy atom. The summed E-state index contributed by atoms with van der Waals surface area (Å²) in [6.07, 6.45) is 0.129. The van der Waals surface area contributed by atoms with Crippen molar-refractivity contribution < 1.29 is 19.1 Å². The van der Waals surface area contributed by atoms with Crippen molar-refractivity contribution in [3.8, 4) is 0 Å². The molecule has 2 aromatic rings. The Hall–Kier alpha value is -3.68. The smallest absolute Gasteiger partial charge is 0.354 e. The summed E-state index contributed by atoms with van der Waals surface area (Å²) in [4.78, 5) is 36.7. The van der Waals surface area contributed by atoms with E-state index in [9.17, 15) is 14.4 Å². The summed E-state index contributed by atoms with van der Waals surface area (Å²) in [5.74, 6) is -1.04. The second kappa shape index (κ2) is 9.21. The van der Waals surface area contributed by atoms with Crippen molar-refractivity contribution in [2.75, 3.05) is 22.2 Å². The zero-order valence-corrected chi connectivity index (χ0v) is 17.1. The van der Waals surface area contributed by atoms with Crippen molar-refractivity contribution in [2.24, 2.45) is 5.10 Å². The molecule has 2 N–H and O–H groups in total. The third kappa shape index (κ3) is 4.83. The Bertz CT molecular complexity index is 988. The van der Waals surface area contributed by atoms with Crippen LogP contribution in [0.4, 0.5) is 17.1 Å². The molecule has 1 atom stereocenters.